The van der Waals surface area contributed by atoms with Gasteiger partial charge < -0.3 is 10.6 Å². The molecule has 0 aliphatic carbocycles. The summed E-state index contributed by atoms with van der Waals surface area (Å²) in [6, 6.07) is 0.568. The van der Waals surface area contributed by atoms with Gasteiger partial charge in [0, 0.05) is 29.9 Å². The zero-order chi connectivity index (χ0) is 16.4. The molecule has 3 heterocycles. The fourth-order valence-corrected chi connectivity index (χ4v) is 3.28. The topological polar surface area (TPSA) is 84.2 Å². The number of rotatable bonds is 4. The molecule has 2 aromatic heterocycles. The van der Waals surface area contributed by atoms with Crippen LogP contribution in [0.4, 0.5) is 0 Å². The molecule has 1 fully saturated rings. The number of piperidine rings is 1. The first kappa shape index (κ1) is 18.6. The average molecular weight is 353 g/mol. The number of aromatic nitrogens is 4. The summed E-state index contributed by atoms with van der Waals surface area (Å²) in [6.45, 7) is 7.12. The Kier molecular flexibility index (Phi) is 6.12. The normalized spacial score (nSPS) is 20.6. The van der Waals surface area contributed by atoms with Crippen molar-refractivity contribution in [2.75, 3.05) is 6.54 Å². The van der Waals surface area contributed by atoms with Crippen LogP contribution in [0.25, 0.3) is 5.78 Å². The van der Waals surface area contributed by atoms with Crippen molar-refractivity contribution in [3.8, 4) is 0 Å². The molecule has 24 heavy (non-hydrogen) atoms. The van der Waals surface area contributed by atoms with Crippen molar-refractivity contribution in [3.05, 3.63) is 23.3 Å². The van der Waals surface area contributed by atoms with E-state index in [4.69, 9.17) is 0 Å². The Balaban J connectivity index is 0.00000208. The highest BCUT2D eigenvalue weighted by Crippen LogP contribution is 2.15. The second-order valence-electron chi connectivity index (χ2n) is 6.29. The number of nitrogens with zero attached hydrogens (tertiary/aromatic N) is 4. The number of halogens is 1. The second kappa shape index (κ2) is 7.90. The maximum absolute atomic E-state index is 12.3. The number of hydrogen-bond donors (Lipinski definition) is 2. The summed E-state index contributed by atoms with van der Waals surface area (Å²) in [5.74, 6) is 0.707. The van der Waals surface area contributed by atoms with Crippen molar-refractivity contribution in [3.63, 3.8) is 0 Å². The molecule has 0 bridgehead atoms. The first-order valence-corrected chi connectivity index (χ1v) is 8.25. The lowest BCUT2D eigenvalue weighted by molar-refractivity contribution is -0.122. The van der Waals surface area contributed by atoms with Crippen LogP contribution in [-0.2, 0) is 11.2 Å². The van der Waals surface area contributed by atoms with Crippen molar-refractivity contribution in [2.24, 2.45) is 0 Å². The zero-order valence-corrected chi connectivity index (χ0v) is 15.2. The Hall–Kier alpha value is -1.73. The molecule has 1 amide bonds. The van der Waals surface area contributed by atoms with E-state index in [1.807, 2.05) is 13.8 Å². The summed E-state index contributed by atoms with van der Waals surface area (Å²) in [5, 5.41) is 10.7. The number of aryl methyl sites for hydroxylation is 2. The van der Waals surface area contributed by atoms with Gasteiger partial charge >= 0.3 is 0 Å². The van der Waals surface area contributed by atoms with E-state index in [0.717, 1.165) is 36.3 Å². The van der Waals surface area contributed by atoms with Gasteiger partial charge in [0.05, 0.1) is 0 Å². The van der Waals surface area contributed by atoms with E-state index in [-0.39, 0.29) is 24.4 Å². The predicted octanol–water partition coefficient (Wildman–Crippen LogP) is 1.35. The van der Waals surface area contributed by atoms with Crippen LogP contribution >= 0.6 is 12.4 Å². The lowest BCUT2D eigenvalue weighted by Crippen LogP contribution is -2.51. The molecule has 3 rings (SSSR count). The van der Waals surface area contributed by atoms with Crippen LogP contribution in [0.2, 0.25) is 0 Å². The molecule has 2 aromatic rings. The molecule has 2 unspecified atom stereocenters. The third-order valence-electron chi connectivity index (χ3n) is 4.70. The van der Waals surface area contributed by atoms with E-state index in [1.165, 1.54) is 6.33 Å². The lowest BCUT2D eigenvalue weighted by atomic mass is 9.99. The van der Waals surface area contributed by atoms with Gasteiger partial charge in [-0.05, 0) is 52.1 Å². The summed E-state index contributed by atoms with van der Waals surface area (Å²) >= 11 is 0. The minimum Gasteiger partial charge on any atom is -0.352 e. The predicted molar refractivity (Wildman–Crippen MR) is 94.5 cm³/mol. The SMILES string of the molecule is Cc1nc2ncnn2c(C)c1CCC(=O)NC1CCCNC1C.Cl. The second-order valence-corrected chi connectivity index (χ2v) is 6.29. The fourth-order valence-electron chi connectivity index (χ4n) is 3.28. The number of carbonyl (C=O) groups is 1. The Bertz CT molecular complexity index is 716. The minimum absolute atomic E-state index is 0. The van der Waals surface area contributed by atoms with Crippen LogP contribution in [0, 0.1) is 13.8 Å². The number of amides is 1. The van der Waals surface area contributed by atoms with Crippen molar-refractivity contribution >= 4 is 24.1 Å². The van der Waals surface area contributed by atoms with E-state index in [9.17, 15) is 4.79 Å². The smallest absolute Gasteiger partial charge is 0.252 e. The van der Waals surface area contributed by atoms with Crippen LogP contribution in [0.1, 0.15) is 43.1 Å². The highest BCUT2D eigenvalue weighted by molar-refractivity contribution is 5.85. The third kappa shape index (κ3) is 3.84. The lowest BCUT2D eigenvalue weighted by Gasteiger charge is -2.30. The van der Waals surface area contributed by atoms with Crippen LogP contribution in [0.5, 0.6) is 0 Å². The van der Waals surface area contributed by atoms with E-state index < -0.39 is 0 Å². The van der Waals surface area contributed by atoms with Gasteiger partial charge in [-0.25, -0.2) is 9.50 Å². The highest BCUT2D eigenvalue weighted by atomic mass is 35.5. The van der Waals surface area contributed by atoms with Gasteiger partial charge in [0.1, 0.15) is 6.33 Å². The van der Waals surface area contributed by atoms with Crippen LogP contribution in [0.3, 0.4) is 0 Å². The largest absolute Gasteiger partial charge is 0.352 e. The average Bonchev–Trinajstić information content (AvgIpc) is 2.98. The minimum atomic E-state index is 0. The Morgan fingerprint density at radius 1 is 1.46 bits per heavy atom. The molecule has 0 aromatic carbocycles. The van der Waals surface area contributed by atoms with Gasteiger partial charge in [0.25, 0.3) is 5.78 Å². The van der Waals surface area contributed by atoms with E-state index in [2.05, 4.69) is 32.6 Å². The molecular weight excluding hydrogens is 328 g/mol. The molecular formula is C16H25ClN6O. The molecule has 1 aliphatic rings. The first-order chi connectivity index (χ1) is 11.1. The van der Waals surface area contributed by atoms with Crippen molar-refractivity contribution in [1.29, 1.82) is 0 Å². The maximum atomic E-state index is 12.3. The number of nitrogens with one attached hydrogen (secondary N) is 2. The van der Waals surface area contributed by atoms with Gasteiger partial charge in [-0.3, -0.25) is 4.79 Å². The Labute approximate surface area is 148 Å². The van der Waals surface area contributed by atoms with Crippen molar-refractivity contribution in [2.45, 2.75) is 58.5 Å². The molecule has 132 valence electrons. The zero-order valence-electron chi connectivity index (χ0n) is 14.4. The molecule has 2 atom stereocenters. The summed E-state index contributed by atoms with van der Waals surface area (Å²) in [7, 11) is 0. The first-order valence-electron chi connectivity index (χ1n) is 8.25. The van der Waals surface area contributed by atoms with Crippen LogP contribution in [-0.4, -0.2) is 44.1 Å². The van der Waals surface area contributed by atoms with Crippen LogP contribution < -0.4 is 10.6 Å². The summed E-state index contributed by atoms with van der Waals surface area (Å²) in [5.41, 5.74) is 3.00. The number of carbonyl (C=O) groups excluding carboxylic acids is 1. The molecule has 2 N–H and O–H groups in total. The molecule has 7 nitrogen and oxygen atoms in total. The van der Waals surface area contributed by atoms with Gasteiger partial charge in [0.15, 0.2) is 0 Å². The van der Waals surface area contributed by atoms with Gasteiger partial charge in [0.2, 0.25) is 5.91 Å². The molecule has 0 saturated carbocycles. The summed E-state index contributed by atoms with van der Waals surface area (Å²) < 4.78 is 1.73. The van der Waals surface area contributed by atoms with Crippen molar-refractivity contribution in [1.82, 2.24) is 30.2 Å². The Morgan fingerprint density at radius 3 is 3.00 bits per heavy atom. The summed E-state index contributed by atoms with van der Waals surface area (Å²) in [6.07, 6.45) is 4.79. The molecule has 8 heteroatoms. The number of hydrogen-bond acceptors (Lipinski definition) is 5. The maximum Gasteiger partial charge on any atom is 0.252 e. The van der Waals surface area contributed by atoms with Crippen LogP contribution in [0.15, 0.2) is 6.33 Å². The third-order valence-corrected chi connectivity index (χ3v) is 4.70. The fraction of sp³-hybridized carbons (Fsp3) is 0.625. The molecule has 0 spiro atoms. The van der Waals surface area contributed by atoms with Crippen molar-refractivity contribution < 1.29 is 4.79 Å². The standard InChI is InChI=1S/C16H24N6O.ClH/c1-10-13(12(3)22-16(20-10)18-9-19-22)6-7-15(23)21-14-5-4-8-17-11(14)2;/h9,11,14,17H,4-8H2,1-3H3,(H,21,23);1H. The molecule has 1 aliphatic heterocycles. The van der Waals surface area contributed by atoms with E-state index in [0.29, 0.717) is 24.7 Å². The number of fused-ring (bicyclic) bond motifs is 1. The van der Waals surface area contributed by atoms with Gasteiger partial charge in [-0.1, -0.05) is 0 Å². The van der Waals surface area contributed by atoms with E-state index >= 15 is 0 Å². The van der Waals surface area contributed by atoms with E-state index in [1.54, 1.807) is 4.52 Å². The quantitative estimate of drug-likeness (QED) is 0.867. The van der Waals surface area contributed by atoms with Gasteiger partial charge in [-0.2, -0.15) is 10.1 Å². The Morgan fingerprint density at radius 2 is 2.25 bits per heavy atom. The summed E-state index contributed by atoms with van der Waals surface area (Å²) in [4.78, 5) is 20.8. The molecule has 1 saturated heterocycles. The molecule has 0 radical (unpaired) electrons. The van der Waals surface area contributed by atoms with Gasteiger partial charge in [-0.15, -0.1) is 12.4 Å². The monoisotopic (exact) mass is 352 g/mol. The highest BCUT2D eigenvalue weighted by Gasteiger charge is 2.22.